The lowest BCUT2D eigenvalue weighted by Crippen LogP contribution is -2.66. The number of hydrogen-bond donors (Lipinski definition) is 3. The Morgan fingerprint density at radius 2 is 2.19 bits per heavy atom. The summed E-state index contributed by atoms with van der Waals surface area (Å²) >= 11 is 3.57. The zero-order chi connectivity index (χ0) is 14.8. The van der Waals surface area contributed by atoms with E-state index in [4.69, 9.17) is 0 Å². The average molecular weight is 352 g/mol. The van der Waals surface area contributed by atoms with Gasteiger partial charge in [0.15, 0.2) is 5.78 Å². The average Bonchev–Trinajstić information content (AvgIpc) is 2.46. The summed E-state index contributed by atoms with van der Waals surface area (Å²) < 4.78 is 0.951. The van der Waals surface area contributed by atoms with Crippen LogP contribution in [0.1, 0.15) is 30.4 Å². The highest BCUT2D eigenvalue weighted by atomic mass is 79.9. The highest BCUT2D eigenvalue weighted by Gasteiger charge is 2.59. The van der Waals surface area contributed by atoms with E-state index in [2.05, 4.69) is 21.2 Å². The second kappa shape index (κ2) is 4.54. The van der Waals surface area contributed by atoms with E-state index in [1.54, 1.807) is 6.07 Å². The quantitative estimate of drug-likeness (QED) is 0.664. The molecule has 5 heteroatoms. The maximum Gasteiger partial charge on any atom is 0.162 e. The van der Waals surface area contributed by atoms with Crippen molar-refractivity contribution in [3.63, 3.8) is 0 Å². The monoisotopic (exact) mass is 351 g/mol. The Kier molecular flexibility index (Phi) is 2.97. The number of benzene rings is 1. The number of aliphatic hydroxyl groups excluding tert-OH is 1. The van der Waals surface area contributed by atoms with Crippen LogP contribution < -0.4 is 5.32 Å². The molecule has 112 valence electrons. The van der Waals surface area contributed by atoms with Crippen molar-refractivity contribution < 1.29 is 15.0 Å². The number of phenols is 1. The minimum atomic E-state index is -1.000. The van der Waals surface area contributed by atoms with Gasteiger partial charge in [0, 0.05) is 27.9 Å². The molecule has 2 fully saturated rings. The Morgan fingerprint density at radius 1 is 1.38 bits per heavy atom. The predicted molar refractivity (Wildman–Crippen MR) is 81.3 cm³/mol. The first kappa shape index (κ1) is 13.7. The van der Waals surface area contributed by atoms with Crippen LogP contribution >= 0.6 is 15.9 Å². The molecule has 1 aromatic carbocycles. The van der Waals surface area contributed by atoms with Crippen molar-refractivity contribution in [3.05, 3.63) is 27.7 Å². The zero-order valence-electron chi connectivity index (χ0n) is 11.6. The van der Waals surface area contributed by atoms with E-state index in [0.29, 0.717) is 12.8 Å². The lowest BCUT2D eigenvalue weighted by atomic mass is 9.51. The number of aliphatic hydroxyl groups is 1. The molecule has 0 aromatic heterocycles. The number of piperidine rings is 1. The van der Waals surface area contributed by atoms with Crippen LogP contribution in [0.5, 0.6) is 5.75 Å². The van der Waals surface area contributed by atoms with Crippen molar-refractivity contribution in [2.24, 2.45) is 5.92 Å². The number of rotatable bonds is 0. The number of Topliss-reactive ketones (excluding diaryl/α,β-unsaturated/α-hetero) is 1. The summed E-state index contributed by atoms with van der Waals surface area (Å²) in [7, 11) is 0. The molecule has 0 radical (unpaired) electrons. The molecule has 1 aromatic rings. The SMILES string of the molecule is O=C1CC[C@H]2[C@H]3Cc4c(Br)ccc(O)c4[C@@]2(CCN3)C1O. The molecule has 4 atom stereocenters. The molecule has 1 unspecified atom stereocenters. The third kappa shape index (κ3) is 1.65. The lowest BCUT2D eigenvalue weighted by molar-refractivity contribution is -0.141. The summed E-state index contributed by atoms with van der Waals surface area (Å²) in [4.78, 5) is 12.2. The first-order chi connectivity index (χ1) is 10.1. The molecule has 1 aliphatic heterocycles. The molecule has 0 amide bonds. The number of phenolic OH excluding ortho intramolecular Hbond substituents is 1. The number of carbonyl (C=O) groups is 1. The molecule has 3 aliphatic rings. The van der Waals surface area contributed by atoms with Gasteiger partial charge in [-0.25, -0.2) is 0 Å². The minimum Gasteiger partial charge on any atom is -0.508 e. The molecule has 2 bridgehead atoms. The van der Waals surface area contributed by atoms with Crippen LogP contribution in [0, 0.1) is 5.92 Å². The van der Waals surface area contributed by atoms with Gasteiger partial charge in [-0.1, -0.05) is 15.9 Å². The zero-order valence-corrected chi connectivity index (χ0v) is 13.2. The molecule has 1 heterocycles. The first-order valence-electron chi connectivity index (χ1n) is 7.50. The van der Waals surface area contributed by atoms with Crippen molar-refractivity contribution in [2.75, 3.05) is 6.54 Å². The molecular formula is C16H18BrNO3. The number of aromatic hydroxyl groups is 1. The highest BCUT2D eigenvalue weighted by Crippen LogP contribution is 2.56. The van der Waals surface area contributed by atoms with Gasteiger partial charge < -0.3 is 15.5 Å². The van der Waals surface area contributed by atoms with Crippen LogP contribution in [0.25, 0.3) is 0 Å². The largest absolute Gasteiger partial charge is 0.508 e. The number of fused-ring (bicyclic) bond motifs is 1. The fraction of sp³-hybridized carbons (Fsp3) is 0.562. The molecular weight excluding hydrogens is 334 g/mol. The number of ketones is 1. The Hall–Kier alpha value is -0.910. The van der Waals surface area contributed by atoms with Gasteiger partial charge in [-0.3, -0.25) is 4.79 Å². The van der Waals surface area contributed by atoms with E-state index in [0.717, 1.165) is 35.0 Å². The summed E-state index contributed by atoms with van der Waals surface area (Å²) in [5, 5.41) is 24.7. The van der Waals surface area contributed by atoms with E-state index in [-0.39, 0.29) is 23.5 Å². The third-order valence-corrected chi connectivity index (χ3v) is 6.45. The molecule has 0 spiro atoms. The van der Waals surface area contributed by atoms with Crippen molar-refractivity contribution >= 4 is 21.7 Å². The lowest BCUT2D eigenvalue weighted by Gasteiger charge is -2.57. The molecule has 4 rings (SSSR count). The minimum absolute atomic E-state index is 0.0841. The summed E-state index contributed by atoms with van der Waals surface area (Å²) in [5.41, 5.74) is 1.23. The smallest absolute Gasteiger partial charge is 0.162 e. The Morgan fingerprint density at radius 3 is 3.00 bits per heavy atom. The van der Waals surface area contributed by atoms with E-state index >= 15 is 0 Å². The Bertz CT molecular complexity index is 632. The maximum atomic E-state index is 12.2. The van der Waals surface area contributed by atoms with Crippen LogP contribution in [0.4, 0.5) is 0 Å². The molecule has 1 saturated carbocycles. The second-order valence-corrected chi connectivity index (χ2v) is 7.34. The fourth-order valence-corrected chi connectivity index (χ4v) is 5.37. The molecule has 21 heavy (non-hydrogen) atoms. The first-order valence-corrected chi connectivity index (χ1v) is 8.30. The van der Waals surface area contributed by atoms with Crippen molar-refractivity contribution in [2.45, 2.75) is 43.2 Å². The maximum absolute atomic E-state index is 12.2. The highest BCUT2D eigenvalue weighted by molar-refractivity contribution is 9.10. The van der Waals surface area contributed by atoms with E-state index in [9.17, 15) is 15.0 Å². The summed E-state index contributed by atoms with van der Waals surface area (Å²) in [6.07, 6.45) is 1.75. The fourth-order valence-electron chi connectivity index (χ4n) is 4.88. The molecule has 1 saturated heterocycles. The van der Waals surface area contributed by atoms with Gasteiger partial charge in [0.2, 0.25) is 0 Å². The molecule has 2 aliphatic carbocycles. The normalized spacial score (nSPS) is 37.8. The van der Waals surface area contributed by atoms with Gasteiger partial charge in [-0.15, -0.1) is 0 Å². The number of carbonyl (C=O) groups excluding carboxylic acids is 1. The van der Waals surface area contributed by atoms with Crippen LogP contribution in [-0.2, 0) is 16.6 Å². The predicted octanol–water partition coefficient (Wildman–Crippen LogP) is 1.65. The van der Waals surface area contributed by atoms with E-state index < -0.39 is 11.5 Å². The van der Waals surface area contributed by atoms with Gasteiger partial charge in [0.05, 0.1) is 0 Å². The van der Waals surface area contributed by atoms with Crippen LogP contribution in [-0.4, -0.2) is 34.7 Å². The van der Waals surface area contributed by atoms with Crippen molar-refractivity contribution in [1.29, 1.82) is 0 Å². The third-order valence-electron chi connectivity index (χ3n) is 5.71. The topological polar surface area (TPSA) is 69.6 Å². The summed E-state index contributed by atoms with van der Waals surface area (Å²) in [6.45, 7) is 0.775. The molecule has 4 nitrogen and oxygen atoms in total. The standard InChI is InChI=1S/C16H18BrNO3/c17-10-2-4-12(19)14-8(10)7-11-9-1-3-13(20)15(21)16(9,14)5-6-18-11/h2,4,9,11,15,18-19,21H,1,3,5-7H2/t9-,11+,15?,16-/m0/s1. The molecule has 3 N–H and O–H groups in total. The number of halogens is 1. The van der Waals surface area contributed by atoms with Crippen LogP contribution in [0.15, 0.2) is 16.6 Å². The Labute approximate surface area is 131 Å². The second-order valence-electron chi connectivity index (χ2n) is 6.49. The Balaban J connectivity index is 2.02. The van der Waals surface area contributed by atoms with E-state index in [1.807, 2.05) is 6.07 Å². The summed E-state index contributed by atoms with van der Waals surface area (Å²) in [6, 6.07) is 3.79. The van der Waals surface area contributed by atoms with Crippen LogP contribution in [0.2, 0.25) is 0 Å². The van der Waals surface area contributed by atoms with Gasteiger partial charge in [0.1, 0.15) is 11.9 Å². The number of nitrogens with one attached hydrogen (secondary N) is 1. The van der Waals surface area contributed by atoms with Gasteiger partial charge in [-0.05, 0) is 49.4 Å². The number of hydrogen-bond acceptors (Lipinski definition) is 4. The van der Waals surface area contributed by atoms with E-state index in [1.165, 1.54) is 0 Å². The van der Waals surface area contributed by atoms with Gasteiger partial charge in [-0.2, -0.15) is 0 Å². The van der Waals surface area contributed by atoms with Gasteiger partial charge in [0.25, 0.3) is 0 Å². The van der Waals surface area contributed by atoms with Crippen molar-refractivity contribution in [1.82, 2.24) is 5.32 Å². The summed E-state index contributed by atoms with van der Waals surface area (Å²) in [5.74, 6) is 0.345. The van der Waals surface area contributed by atoms with Crippen LogP contribution in [0.3, 0.4) is 0 Å². The van der Waals surface area contributed by atoms with Gasteiger partial charge >= 0.3 is 0 Å². The van der Waals surface area contributed by atoms with Crippen molar-refractivity contribution in [3.8, 4) is 5.75 Å².